The lowest BCUT2D eigenvalue weighted by Gasteiger charge is -2.34. The SMILES string of the molecule is CCOC(=O)c1cc(-c2ccc(F)cc2)n(CC(=O)N[C@@H]2CCC[C@@H](C)[C@H]2C)c1C. The highest BCUT2D eigenvalue weighted by molar-refractivity contribution is 5.93. The number of benzene rings is 1. The molecular weight excluding hydrogens is 383 g/mol. The van der Waals surface area contributed by atoms with Crippen molar-refractivity contribution in [3.8, 4) is 11.3 Å². The number of ether oxygens (including phenoxy) is 1. The molecule has 3 rings (SSSR count). The van der Waals surface area contributed by atoms with Crippen molar-refractivity contribution in [1.82, 2.24) is 9.88 Å². The molecule has 6 heteroatoms. The van der Waals surface area contributed by atoms with Crippen LogP contribution >= 0.6 is 0 Å². The van der Waals surface area contributed by atoms with Gasteiger partial charge >= 0.3 is 5.97 Å². The van der Waals surface area contributed by atoms with E-state index in [0.717, 1.165) is 18.4 Å². The largest absolute Gasteiger partial charge is 0.462 e. The Morgan fingerprint density at radius 2 is 1.90 bits per heavy atom. The molecule has 1 aliphatic rings. The fourth-order valence-electron chi connectivity index (χ4n) is 4.31. The normalized spacial score (nSPS) is 21.3. The van der Waals surface area contributed by atoms with Gasteiger partial charge in [-0.2, -0.15) is 0 Å². The van der Waals surface area contributed by atoms with E-state index in [1.165, 1.54) is 18.6 Å². The highest BCUT2D eigenvalue weighted by atomic mass is 19.1. The monoisotopic (exact) mass is 414 g/mol. The first-order valence-electron chi connectivity index (χ1n) is 10.7. The molecule has 1 saturated carbocycles. The number of aromatic nitrogens is 1. The Kier molecular flexibility index (Phi) is 6.95. The van der Waals surface area contributed by atoms with Gasteiger partial charge < -0.3 is 14.6 Å². The number of carbonyl (C=O) groups is 2. The summed E-state index contributed by atoms with van der Waals surface area (Å²) >= 11 is 0. The van der Waals surface area contributed by atoms with Crippen LogP contribution in [0.15, 0.2) is 30.3 Å². The molecule has 1 fully saturated rings. The minimum Gasteiger partial charge on any atom is -0.462 e. The molecule has 1 amide bonds. The number of halogens is 1. The summed E-state index contributed by atoms with van der Waals surface area (Å²) in [6.45, 7) is 8.35. The highest BCUT2D eigenvalue weighted by Gasteiger charge is 2.29. The maximum absolute atomic E-state index is 13.4. The molecule has 0 spiro atoms. The third kappa shape index (κ3) is 4.74. The molecule has 5 nitrogen and oxygen atoms in total. The van der Waals surface area contributed by atoms with Gasteiger partial charge in [-0.3, -0.25) is 4.79 Å². The van der Waals surface area contributed by atoms with Gasteiger partial charge in [0.25, 0.3) is 0 Å². The average Bonchev–Trinajstić information content (AvgIpc) is 3.03. The Labute approximate surface area is 177 Å². The minimum absolute atomic E-state index is 0.0848. The van der Waals surface area contributed by atoms with Gasteiger partial charge in [0, 0.05) is 17.4 Å². The number of hydrogen-bond acceptors (Lipinski definition) is 3. The first-order valence-corrected chi connectivity index (χ1v) is 10.7. The molecule has 1 heterocycles. The van der Waals surface area contributed by atoms with E-state index in [4.69, 9.17) is 4.74 Å². The fourth-order valence-corrected chi connectivity index (χ4v) is 4.31. The number of esters is 1. The molecule has 0 bridgehead atoms. The number of carbonyl (C=O) groups excluding carboxylic acids is 2. The second-order valence-corrected chi connectivity index (χ2v) is 8.28. The van der Waals surface area contributed by atoms with Crippen molar-refractivity contribution < 1.29 is 18.7 Å². The van der Waals surface area contributed by atoms with Crippen molar-refractivity contribution in [2.24, 2.45) is 11.8 Å². The topological polar surface area (TPSA) is 60.3 Å². The molecule has 1 N–H and O–H groups in total. The summed E-state index contributed by atoms with van der Waals surface area (Å²) in [5, 5.41) is 3.19. The lowest BCUT2D eigenvalue weighted by atomic mass is 9.78. The standard InChI is InChI=1S/C24H31FN2O3/c1-5-30-24(29)20-13-22(18-9-11-19(25)12-10-18)27(17(20)4)14-23(28)26-21-8-6-7-15(2)16(21)3/h9-13,15-16,21H,5-8,14H2,1-4H3,(H,26,28)/t15-,16-,21-/m1/s1. The van der Waals surface area contributed by atoms with Crippen LogP contribution in [-0.2, 0) is 16.1 Å². The zero-order valence-electron chi connectivity index (χ0n) is 18.2. The van der Waals surface area contributed by atoms with Gasteiger partial charge in [0.15, 0.2) is 0 Å². The van der Waals surface area contributed by atoms with Gasteiger partial charge in [-0.1, -0.05) is 26.7 Å². The van der Waals surface area contributed by atoms with Gasteiger partial charge in [-0.05, 0) is 68.0 Å². The van der Waals surface area contributed by atoms with Crippen LogP contribution in [0, 0.1) is 24.6 Å². The number of hydrogen-bond donors (Lipinski definition) is 1. The molecule has 1 aromatic heterocycles. The first kappa shape index (κ1) is 22.1. The van der Waals surface area contributed by atoms with E-state index in [-0.39, 0.29) is 30.9 Å². The molecule has 1 aromatic carbocycles. The van der Waals surface area contributed by atoms with Gasteiger partial charge in [0.1, 0.15) is 12.4 Å². The van der Waals surface area contributed by atoms with Crippen LogP contribution in [-0.4, -0.2) is 29.1 Å². The van der Waals surface area contributed by atoms with Crippen molar-refractivity contribution in [3.63, 3.8) is 0 Å². The smallest absolute Gasteiger partial charge is 0.339 e. The number of amides is 1. The van der Waals surface area contributed by atoms with E-state index >= 15 is 0 Å². The average molecular weight is 415 g/mol. The summed E-state index contributed by atoms with van der Waals surface area (Å²) in [6.07, 6.45) is 3.30. The molecule has 0 saturated heterocycles. The first-order chi connectivity index (χ1) is 14.3. The van der Waals surface area contributed by atoms with Gasteiger partial charge in [0.05, 0.1) is 12.2 Å². The van der Waals surface area contributed by atoms with E-state index in [9.17, 15) is 14.0 Å². The number of rotatable bonds is 6. The predicted octanol–water partition coefficient (Wildman–Crippen LogP) is 4.72. The number of nitrogens with one attached hydrogen (secondary N) is 1. The third-order valence-corrected chi connectivity index (χ3v) is 6.36. The van der Waals surface area contributed by atoms with Crippen molar-refractivity contribution in [2.75, 3.05) is 6.61 Å². The summed E-state index contributed by atoms with van der Waals surface area (Å²) in [6, 6.07) is 7.93. The third-order valence-electron chi connectivity index (χ3n) is 6.36. The molecule has 1 aliphatic carbocycles. The molecule has 2 aromatic rings. The molecule has 0 aliphatic heterocycles. The summed E-state index contributed by atoms with van der Waals surface area (Å²) in [5.74, 6) is 0.172. The van der Waals surface area contributed by atoms with Crippen LogP contribution in [0.25, 0.3) is 11.3 Å². The summed E-state index contributed by atoms with van der Waals surface area (Å²) < 4.78 is 20.4. The maximum Gasteiger partial charge on any atom is 0.339 e. The summed E-state index contributed by atoms with van der Waals surface area (Å²) in [5.41, 5.74) is 2.51. The van der Waals surface area contributed by atoms with Crippen LogP contribution in [0.5, 0.6) is 0 Å². The highest BCUT2D eigenvalue weighted by Crippen LogP contribution is 2.30. The van der Waals surface area contributed by atoms with Crippen molar-refractivity contribution >= 4 is 11.9 Å². The van der Waals surface area contributed by atoms with Crippen LogP contribution in [0.4, 0.5) is 4.39 Å². The quantitative estimate of drug-likeness (QED) is 0.696. The Hall–Kier alpha value is -2.63. The molecular formula is C24H31FN2O3. The molecule has 30 heavy (non-hydrogen) atoms. The van der Waals surface area contributed by atoms with E-state index in [0.29, 0.717) is 28.8 Å². The van der Waals surface area contributed by atoms with Crippen molar-refractivity contribution in [3.05, 3.63) is 47.4 Å². The van der Waals surface area contributed by atoms with Crippen LogP contribution in [0.1, 0.15) is 56.1 Å². The molecule has 0 unspecified atom stereocenters. The zero-order valence-corrected chi connectivity index (χ0v) is 18.2. The zero-order chi connectivity index (χ0) is 21.8. The Balaban J connectivity index is 1.88. The second kappa shape index (κ2) is 9.45. The Morgan fingerprint density at radius 1 is 1.20 bits per heavy atom. The lowest BCUT2D eigenvalue weighted by molar-refractivity contribution is -0.123. The minimum atomic E-state index is -0.424. The van der Waals surface area contributed by atoms with Gasteiger partial charge in [0.2, 0.25) is 5.91 Å². The van der Waals surface area contributed by atoms with Crippen LogP contribution < -0.4 is 5.32 Å². The lowest BCUT2D eigenvalue weighted by Crippen LogP contribution is -2.44. The summed E-state index contributed by atoms with van der Waals surface area (Å²) in [4.78, 5) is 25.3. The summed E-state index contributed by atoms with van der Waals surface area (Å²) in [7, 11) is 0. The molecule has 162 valence electrons. The van der Waals surface area contributed by atoms with E-state index < -0.39 is 5.97 Å². The van der Waals surface area contributed by atoms with Crippen molar-refractivity contribution in [2.45, 2.75) is 59.5 Å². The number of nitrogens with zero attached hydrogens (tertiary/aromatic N) is 1. The van der Waals surface area contributed by atoms with E-state index in [1.807, 2.05) is 4.57 Å². The molecule has 0 radical (unpaired) electrons. The fraction of sp³-hybridized carbons (Fsp3) is 0.500. The van der Waals surface area contributed by atoms with Gasteiger partial charge in [-0.25, -0.2) is 9.18 Å². The Morgan fingerprint density at radius 3 is 2.57 bits per heavy atom. The van der Waals surface area contributed by atoms with Gasteiger partial charge in [-0.15, -0.1) is 0 Å². The second-order valence-electron chi connectivity index (χ2n) is 8.28. The predicted molar refractivity (Wildman–Crippen MR) is 115 cm³/mol. The molecule has 3 atom stereocenters. The van der Waals surface area contributed by atoms with Crippen LogP contribution in [0.3, 0.4) is 0 Å². The van der Waals surface area contributed by atoms with Crippen LogP contribution in [0.2, 0.25) is 0 Å². The van der Waals surface area contributed by atoms with E-state index in [2.05, 4.69) is 19.2 Å². The maximum atomic E-state index is 13.4. The van der Waals surface area contributed by atoms with Crippen molar-refractivity contribution in [1.29, 1.82) is 0 Å². The van der Waals surface area contributed by atoms with E-state index in [1.54, 1.807) is 32.0 Å². The Bertz CT molecular complexity index is 904.